The second-order valence-corrected chi connectivity index (χ2v) is 17.0. The predicted molar refractivity (Wildman–Crippen MR) is 212 cm³/mol. The number of rotatable bonds is 7. The van der Waals surface area contributed by atoms with E-state index in [2.05, 4.69) is 25.2 Å². The number of likely N-dealkylation sites (N-methyl/N-ethyl adjacent to an activating group) is 1. The number of likely N-dealkylation sites (tertiary alicyclic amines) is 1. The van der Waals surface area contributed by atoms with E-state index in [0.29, 0.717) is 55.1 Å². The van der Waals surface area contributed by atoms with Gasteiger partial charge in [0.05, 0.1) is 10.2 Å². The van der Waals surface area contributed by atoms with Crippen LogP contribution in [0.2, 0.25) is 0 Å². The first-order valence-corrected chi connectivity index (χ1v) is 19.5. The van der Waals surface area contributed by atoms with E-state index in [0.717, 1.165) is 30.7 Å². The van der Waals surface area contributed by atoms with Crippen LogP contribution in [0.15, 0.2) is 42.7 Å². The van der Waals surface area contributed by atoms with E-state index in [1.807, 2.05) is 44.9 Å². The lowest BCUT2D eigenvalue weighted by Crippen LogP contribution is -2.50. The number of carbonyl (C=O) groups excluding carboxylic acids is 2. The van der Waals surface area contributed by atoms with Gasteiger partial charge in [-0.1, -0.05) is 17.4 Å². The van der Waals surface area contributed by atoms with Gasteiger partial charge in [0.2, 0.25) is 0 Å². The molecule has 5 aromatic rings. The van der Waals surface area contributed by atoms with E-state index in [1.165, 1.54) is 12.1 Å². The van der Waals surface area contributed by atoms with Gasteiger partial charge >= 0.3 is 18.2 Å². The van der Waals surface area contributed by atoms with Crippen molar-refractivity contribution < 1.29 is 32.6 Å². The molecule has 2 fully saturated rings. The Morgan fingerprint density at radius 2 is 1.68 bits per heavy atom. The summed E-state index contributed by atoms with van der Waals surface area (Å²) in [4.78, 5) is 49.9. The SMILES string of the molecule is CN1CCC[C@H]1COc1nc(N2CCN(C(=O)OC(C)(C)C)CC2)c2cc(-c3cccnc3)c(-c3ccc(F)c4sc(NC(=O)OC(C)(C)C)nc34)c(F)c2n1. The number of hydrogen-bond acceptors (Lipinski definition) is 12. The molecular formula is C40H46F2N8O5S. The number of hydrogen-bond donors (Lipinski definition) is 1. The van der Waals surface area contributed by atoms with Crippen LogP contribution in [0.25, 0.3) is 43.4 Å². The Balaban J connectivity index is 1.37. The van der Waals surface area contributed by atoms with E-state index in [1.54, 1.807) is 44.1 Å². The lowest BCUT2D eigenvalue weighted by atomic mass is 9.92. The van der Waals surface area contributed by atoms with E-state index in [4.69, 9.17) is 19.2 Å². The Bertz CT molecular complexity index is 2270. The van der Waals surface area contributed by atoms with Gasteiger partial charge in [-0.2, -0.15) is 9.97 Å². The Hall–Kier alpha value is -5.22. The molecule has 296 valence electrons. The second-order valence-electron chi connectivity index (χ2n) is 16.0. The molecule has 0 aliphatic carbocycles. The summed E-state index contributed by atoms with van der Waals surface area (Å²) in [6.45, 7) is 13.4. The van der Waals surface area contributed by atoms with Gasteiger partial charge in [0.25, 0.3) is 0 Å². The van der Waals surface area contributed by atoms with Crippen LogP contribution in [0.3, 0.4) is 0 Å². The molecule has 1 N–H and O–H groups in total. The predicted octanol–water partition coefficient (Wildman–Crippen LogP) is 8.12. The lowest BCUT2D eigenvalue weighted by molar-refractivity contribution is 0.0240. The zero-order chi connectivity index (χ0) is 39.9. The molecule has 0 unspecified atom stereocenters. The van der Waals surface area contributed by atoms with E-state index in [9.17, 15) is 9.59 Å². The first-order chi connectivity index (χ1) is 26.5. The standard InChI is InChI=1S/C40H46F2N8O5S/c1-39(2,3)54-37(51)47-36-45-32-25(12-13-28(41)33(32)56-36)29-26(23-10-8-14-43-21-23)20-27-31(30(29)42)44-35(53-22-24-11-9-15-48(24)7)46-34(27)49-16-18-50(19-17-49)38(52)55-40(4,5)6/h8,10,12-14,20-21,24H,9,11,15-19,22H2,1-7H3,(H,45,47,51)/t24-/m0/s1. The van der Waals surface area contributed by atoms with Crippen LogP contribution in [0.1, 0.15) is 54.4 Å². The molecule has 0 radical (unpaired) electrons. The van der Waals surface area contributed by atoms with Crippen molar-refractivity contribution in [2.45, 2.75) is 71.6 Å². The lowest BCUT2D eigenvalue weighted by Gasteiger charge is -2.36. The van der Waals surface area contributed by atoms with Crippen molar-refractivity contribution in [1.29, 1.82) is 0 Å². The van der Waals surface area contributed by atoms with Crippen molar-refractivity contribution >= 4 is 55.6 Å². The Morgan fingerprint density at radius 1 is 0.929 bits per heavy atom. The molecule has 2 aliphatic rings. The summed E-state index contributed by atoms with van der Waals surface area (Å²) >= 11 is 0.920. The average Bonchev–Trinajstić information content (AvgIpc) is 3.76. The van der Waals surface area contributed by atoms with Crippen molar-refractivity contribution in [1.82, 2.24) is 29.7 Å². The molecule has 3 aromatic heterocycles. The van der Waals surface area contributed by atoms with Crippen LogP contribution >= 0.6 is 11.3 Å². The zero-order valence-electron chi connectivity index (χ0n) is 32.6. The highest BCUT2D eigenvalue weighted by atomic mass is 32.1. The molecule has 2 amide bonds. The summed E-state index contributed by atoms with van der Waals surface area (Å²) in [6, 6.07) is 8.28. The summed E-state index contributed by atoms with van der Waals surface area (Å²) < 4.78 is 50.5. The van der Waals surface area contributed by atoms with Crippen molar-refractivity contribution in [3.05, 3.63) is 54.4 Å². The fourth-order valence-electron chi connectivity index (χ4n) is 6.92. The zero-order valence-corrected chi connectivity index (χ0v) is 33.4. The van der Waals surface area contributed by atoms with Gasteiger partial charge in [-0.15, -0.1) is 0 Å². The van der Waals surface area contributed by atoms with Gasteiger partial charge in [0, 0.05) is 66.7 Å². The number of ether oxygens (including phenoxy) is 3. The van der Waals surface area contributed by atoms with E-state index in [-0.39, 0.29) is 44.0 Å². The highest BCUT2D eigenvalue weighted by Gasteiger charge is 2.31. The van der Waals surface area contributed by atoms with Gasteiger partial charge in [-0.25, -0.2) is 23.4 Å². The maximum atomic E-state index is 17.7. The molecule has 2 aromatic carbocycles. The quantitative estimate of drug-likeness (QED) is 0.171. The fourth-order valence-corrected chi connectivity index (χ4v) is 7.80. The number of aromatic nitrogens is 4. The summed E-state index contributed by atoms with van der Waals surface area (Å²) in [5.74, 6) is -0.820. The fraction of sp³-hybridized carbons (Fsp3) is 0.450. The van der Waals surface area contributed by atoms with Crippen molar-refractivity contribution in [3.63, 3.8) is 0 Å². The Kier molecular flexibility index (Phi) is 10.7. The van der Waals surface area contributed by atoms with Gasteiger partial charge in [-0.05, 0) is 97.8 Å². The van der Waals surface area contributed by atoms with Crippen LogP contribution in [0, 0.1) is 11.6 Å². The first kappa shape index (κ1) is 39.0. The normalized spacial score (nSPS) is 16.8. The van der Waals surface area contributed by atoms with Crippen LogP contribution in [0.5, 0.6) is 6.01 Å². The molecule has 0 spiro atoms. The molecule has 7 rings (SSSR count). The monoisotopic (exact) mass is 788 g/mol. The number of nitrogens with one attached hydrogen (secondary N) is 1. The molecule has 16 heteroatoms. The van der Waals surface area contributed by atoms with Crippen LogP contribution in [-0.4, -0.2) is 106 Å². The number of piperazine rings is 1. The summed E-state index contributed by atoms with van der Waals surface area (Å²) in [5, 5.41) is 3.11. The van der Waals surface area contributed by atoms with Crippen LogP contribution in [-0.2, 0) is 9.47 Å². The third-order valence-corrected chi connectivity index (χ3v) is 10.5. The van der Waals surface area contributed by atoms with Gasteiger partial charge in [0.15, 0.2) is 10.9 Å². The number of nitrogens with zero attached hydrogens (tertiary/aromatic N) is 7. The molecular weight excluding hydrogens is 743 g/mol. The van der Waals surface area contributed by atoms with E-state index >= 15 is 8.78 Å². The number of fused-ring (bicyclic) bond motifs is 2. The minimum atomic E-state index is -0.772. The molecule has 2 saturated heterocycles. The maximum absolute atomic E-state index is 17.7. The third kappa shape index (κ3) is 8.45. The van der Waals surface area contributed by atoms with E-state index < -0.39 is 35.0 Å². The molecule has 56 heavy (non-hydrogen) atoms. The smallest absolute Gasteiger partial charge is 0.413 e. The number of amides is 2. The molecule has 1 atom stereocenters. The maximum Gasteiger partial charge on any atom is 0.413 e. The van der Waals surface area contributed by atoms with Crippen LogP contribution < -0.4 is 15.0 Å². The Labute approximate surface area is 328 Å². The highest BCUT2D eigenvalue weighted by Crippen LogP contribution is 2.44. The largest absolute Gasteiger partial charge is 0.462 e. The van der Waals surface area contributed by atoms with Gasteiger partial charge in [-0.3, -0.25) is 10.3 Å². The molecule has 0 saturated carbocycles. The number of halogens is 2. The number of benzene rings is 2. The summed E-state index contributed by atoms with van der Waals surface area (Å²) in [6.07, 6.45) is 4.09. The number of thiazole rings is 1. The van der Waals surface area contributed by atoms with Gasteiger partial charge < -0.3 is 28.9 Å². The average molecular weight is 789 g/mol. The highest BCUT2D eigenvalue weighted by molar-refractivity contribution is 7.22. The number of anilines is 2. The summed E-state index contributed by atoms with van der Waals surface area (Å²) in [7, 11) is 2.04. The van der Waals surface area contributed by atoms with Crippen molar-refractivity contribution in [2.75, 3.05) is 56.6 Å². The van der Waals surface area contributed by atoms with Crippen molar-refractivity contribution in [3.8, 4) is 28.3 Å². The minimum Gasteiger partial charge on any atom is -0.462 e. The third-order valence-electron chi connectivity index (χ3n) is 9.54. The number of pyridine rings is 1. The van der Waals surface area contributed by atoms with Crippen molar-refractivity contribution in [2.24, 2.45) is 0 Å². The van der Waals surface area contributed by atoms with Gasteiger partial charge in [0.1, 0.15) is 35.0 Å². The topological polar surface area (TPSA) is 135 Å². The first-order valence-electron chi connectivity index (χ1n) is 18.6. The molecule has 2 aliphatic heterocycles. The molecule has 5 heterocycles. The van der Waals surface area contributed by atoms with Crippen LogP contribution in [0.4, 0.5) is 29.3 Å². The minimum absolute atomic E-state index is 0.00166. The Morgan fingerprint density at radius 3 is 2.34 bits per heavy atom. The second kappa shape index (κ2) is 15.4. The number of carbonyl (C=O) groups is 2. The summed E-state index contributed by atoms with van der Waals surface area (Å²) in [5.41, 5.74) is 0.183. The molecule has 13 nitrogen and oxygen atoms in total. The molecule has 0 bridgehead atoms.